The quantitative estimate of drug-likeness (QED) is 0.794. The van der Waals surface area contributed by atoms with Crippen LogP contribution in [0.4, 0.5) is 0 Å². The van der Waals surface area contributed by atoms with E-state index in [1.165, 1.54) is 36.1 Å². The fourth-order valence-corrected chi connectivity index (χ4v) is 4.34. The summed E-state index contributed by atoms with van der Waals surface area (Å²) >= 11 is 1.85. The van der Waals surface area contributed by atoms with Crippen molar-refractivity contribution >= 4 is 11.3 Å². The van der Waals surface area contributed by atoms with Gasteiger partial charge >= 0.3 is 0 Å². The molecule has 0 radical (unpaired) electrons. The maximum absolute atomic E-state index is 3.84. The van der Waals surface area contributed by atoms with Gasteiger partial charge in [0.25, 0.3) is 0 Å². The van der Waals surface area contributed by atoms with Crippen molar-refractivity contribution in [1.82, 2.24) is 5.32 Å². The summed E-state index contributed by atoms with van der Waals surface area (Å²) in [6, 6.07) is 15.6. The molecule has 1 fully saturated rings. The first-order valence-corrected chi connectivity index (χ1v) is 9.02. The van der Waals surface area contributed by atoms with Gasteiger partial charge in [0.15, 0.2) is 0 Å². The third-order valence-corrected chi connectivity index (χ3v) is 5.55. The second-order valence-electron chi connectivity index (χ2n) is 6.41. The Morgan fingerprint density at radius 3 is 2.71 bits per heavy atom. The Kier molecular flexibility index (Phi) is 5.10. The SMILES string of the molecule is CC1CCCC(CNC(c2ccccc2)c2cccs2)C1. The molecule has 1 aromatic heterocycles. The molecule has 1 saturated carbocycles. The lowest BCUT2D eigenvalue weighted by Gasteiger charge is -2.29. The molecule has 112 valence electrons. The second-order valence-corrected chi connectivity index (χ2v) is 7.38. The average molecular weight is 299 g/mol. The van der Waals surface area contributed by atoms with Gasteiger partial charge in [0, 0.05) is 4.88 Å². The Labute approximate surface area is 132 Å². The normalized spacial score (nSPS) is 23.9. The minimum Gasteiger partial charge on any atom is -0.305 e. The molecule has 1 nitrogen and oxygen atoms in total. The van der Waals surface area contributed by atoms with Crippen molar-refractivity contribution in [2.45, 2.75) is 38.6 Å². The summed E-state index contributed by atoms with van der Waals surface area (Å²) in [6.07, 6.45) is 5.61. The second kappa shape index (κ2) is 7.24. The first kappa shape index (κ1) is 14.8. The van der Waals surface area contributed by atoms with E-state index >= 15 is 0 Å². The molecule has 1 aliphatic rings. The predicted molar refractivity (Wildman–Crippen MR) is 91.7 cm³/mol. The highest BCUT2D eigenvalue weighted by Gasteiger charge is 2.21. The number of hydrogen-bond donors (Lipinski definition) is 1. The van der Waals surface area contributed by atoms with Crippen molar-refractivity contribution in [1.29, 1.82) is 0 Å². The molecular weight excluding hydrogens is 274 g/mol. The summed E-state index contributed by atoms with van der Waals surface area (Å²) in [6.45, 7) is 3.54. The van der Waals surface area contributed by atoms with Gasteiger partial charge in [0.05, 0.1) is 6.04 Å². The molecule has 1 aliphatic carbocycles. The van der Waals surface area contributed by atoms with Crippen molar-refractivity contribution in [2.24, 2.45) is 11.8 Å². The zero-order valence-corrected chi connectivity index (χ0v) is 13.6. The van der Waals surface area contributed by atoms with E-state index in [2.05, 4.69) is 60.1 Å². The number of benzene rings is 1. The van der Waals surface area contributed by atoms with Crippen LogP contribution in [0.3, 0.4) is 0 Å². The molecule has 2 heteroatoms. The predicted octanol–water partition coefficient (Wildman–Crippen LogP) is 5.25. The Hall–Kier alpha value is -1.12. The number of thiophene rings is 1. The molecule has 1 N–H and O–H groups in total. The highest BCUT2D eigenvalue weighted by molar-refractivity contribution is 7.10. The van der Waals surface area contributed by atoms with Crippen molar-refractivity contribution < 1.29 is 0 Å². The van der Waals surface area contributed by atoms with Crippen LogP contribution in [0.1, 0.15) is 49.1 Å². The number of hydrogen-bond acceptors (Lipinski definition) is 2. The molecular formula is C19H25NS. The molecule has 3 atom stereocenters. The maximum Gasteiger partial charge on any atom is 0.0671 e. The molecule has 3 rings (SSSR count). The highest BCUT2D eigenvalue weighted by Crippen LogP contribution is 2.30. The fourth-order valence-electron chi connectivity index (χ4n) is 3.51. The topological polar surface area (TPSA) is 12.0 Å². The van der Waals surface area contributed by atoms with Gasteiger partial charge < -0.3 is 5.32 Å². The molecule has 3 unspecified atom stereocenters. The van der Waals surface area contributed by atoms with E-state index in [4.69, 9.17) is 0 Å². The minimum absolute atomic E-state index is 0.350. The van der Waals surface area contributed by atoms with E-state index in [9.17, 15) is 0 Å². The van der Waals surface area contributed by atoms with Gasteiger partial charge in [-0.3, -0.25) is 0 Å². The Morgan fingerprint density at radius 2 is 2.00 bits per heavy atom. The summed E-state index contributed by atoms with van der Waals surface area (Å²) in [5.41, 5.74) is 1.38. The van der Waals surface area contributed by atoms with Crippen LogP contribution >= 0.6 is 11.3 Å². The van der Waals surface area contributed by atoms with E-state index in [0.29, 0.717) is 6.04 Å². The molecule has 0 amide bonds. The van der Waals surface area contributed by atoms with Crippen LogP contribution in [0.2, 0.25) is 0 Å². The van der Waals surface area contributed by atoms with Crippen LogP contribution in [0.5, 0.6) is 0 Å². The van der Waals surface area contributed by atoms with Crippen molar-refractivity contribution in [3.63, 3.8) is 0 Å². The summed E-state index contributed by atoms with van der Waals surface area (Å²) < 4.78 is 0. The lowest BCUT2D eigenvalue weighted by atomic mass is 9.82. The molecule has 0 spiro atoms. The van der Waals surface area contributed by atoms with Gasteiger partial charge in [-0.2, -0.15) is 0 Å². The summed E-state index contributed by atoms with van der Waals surface area (Å²) in [5.74, 6) is 1.75. The molecule has 0 aliphatic heterocycles. The summed E-state index contributed by atoms with van der Waals surface area (Å²) in [7, 11) is 0. The standard InChI is InChI=1S/C19H25NS/c1-15-7-5-8-16(13-15)14-20-19(18-11-6-12-21-18)17-9-3-2-4-10-17/h2-4,6,9-12,15-16,19-20H,5,7-8,13-14H2,1H3. The fraction of sp³-hybridized carbons (Fsp3) is 0.474. The van der Waals surface area contributed by atoms with Crippen molar-refractivity contribution in [2.75, 3.05) is 6.54 Å². The zero-order valence-electron chi connectivity index (χ0n) is 12.8. The first-order valence-electron chi connectivity index (χ1n) is 8.14. The first-order chi connectivity index (χ1) is 10.3. The number of rotatable bonds is 5. The molecule has 1 heterocycles. The van der Waals surface area contributed by atoms with Gasteiger partial charge in [-0.25, -0.2) is 0 Å². The van der Waals surface area contributed by atoms with Crippen LogP contribution in [-0.4, -0.2) is 6.54 Å². The van der Waals surface area contributed by atoms with Crippen LogP contribution in [0.25, 0.3) is 0 Å². The van der Waals surface area contributed by atoms with E-state index in [-0.39, 0.29) is 0 Å². The number of nitrogens with one attached hydrogen (secondary N) is 1. The van der Waals surface area contributed by atoms with Crippen LogP contribution < -0.4 is 5.32 Å². The minimum atomic E-state index is 0.350. The molecule has 0 saturated heterocycles. The molecule has 21 heavy (non-hydrogen) atoms. The maximum atomic E-state index is 3.84. The van der Waals surface area contributed by atoms with Gasteiger partial charge in [-0.05, 0) is 48.2 Å². The summed E-state index contributed by atoms with van der Waals surface area (Å²) in [5, 5.41) is 6.02. The van der Waals surface area contributed by atoms with Crippen molar-refractivity contribution in [3.05, 3.63) is 58.3 Å². The van der Waals surface area contributed by atoms with Gasteiger partial charge in [-0.15, -0.1) is 11.3 Å². The smallest absolute Gasteiger partial charge is 0.0671 e. The molecule has 1 aromatic carbocycles. The average Bonchev–Trinajstić information content (AvgIpc) is 3.03. The van der Waals surface area contributed by atoms with Crippen LogP contribution in [0.15, 0.2) is 47.8 Å². The van der Waals surface area contributed by atoms with Crippen molar-refractivity contribution in [3.8, 4) is 0 Å². The van der Waals surface area contributed by atoms with E-state index in [1.807, 2.05) is 11.3 Å². The van der Waals surface area contributed by atoms with Crippen LogP contribution in [0, 0.1) is 11.8 Å². The Bertz CT molecular complexity index is 520. The zero-order chi connectivity index (χ0) is 14.5. The molecule has 2 aromatic rings. The van der Waals surface area contributed by atoms with E-state index in [0.717, 1.165) is 18.4 Å². The Balaban J connectivity index is 1.68. The highest BCUT2D eigenvalue weighted by atomic mass is 32.1. The summed E-state index contributed by atoms with van der Waals surface area (Å²) in [4.78, 5) is 1.42. The third kappa shape index (κ3) is 3.96. The Morgan fingerprint density at radius 1 is 1.14 bits per heavy atom. The lowest BCUT2D eigenvalue weighted by Crippen LogP contribution is -2.30. The third-order valence-electron chi connectivity index (χ3n) is 4.62. The van der Waals surface area contributed by atoms with Gasteiger partial charge in [-0.1, -0.05) is 56.2 Å². The largest absolute Gasteiger partial charge is 0.305 e. The van der Waals surface area contributed by atoms with Gasteiger partial charge in [0.2, 0.25) is 0 Å². The van der Waals surface area contributed by atoms with E-state index < -0.39 is 0 Å². The van der Waals surface area contributed by atoms with Crippen LogP contribution in [-0.2, 0) is 0 Å². The monoisotopic (exact) mass is 299 g/mol. The molecule has 0 bridgehead atoms. The van der Waals surface area contributed by atoms with Gasteiger partial charge in [0.1, 0.15) is 0 Å². The lowest BCUT2D eigenvalue weighted by molar-refractivity contribution is 0.270. The van der Waals surface area contributed by atoms with E-state index in [1.54, 1.807) is 0 Å².